The minimum atomic E-state index is -0.810. The number of amides is 3. The fourth-order valence-corrected chi connectivity index (χ4v) is 2.36. The lowest BCUT2D eigenvalue weighted by Gasteiger charge is -2.20. The minimum absolute atomic E-state index is 0.0886. The number of Topliss-reactive ketones (excluding diaryl/α,β-unsaturated/α-hetero) is 2. The number of carbonyl (C=O) groups is 5. The van der Waals surface area contributed by atoms with Gasteiger partial charge in [0.2, 0.25) is 11.6 Å². The predicted molar refractivity (Wildman–Crippen MR) is 108 cm³/mol. The Morgan fingerprint density at radius 2 is 1.27 bits per heavy atom. The zero-order valence-corrected chi connectivity index (χ0v) is 16.9. The number of ketones is 2. The maximum atomic E-state index is 12.3. The number of hydrogen-bond donors (Lipinski definition) is 2. The second-order valence-corrected chi connectivity index (χ2v) is 7.43. The van der Waals surface area contributed by atoms with Gasteiger partial charge in [0.05, 0.1) is 5.56 Å². The van der Waals surface area contributed by atoms with Gasteiger partial charge in [-0.05, 0) is 32.9 Å². The molecule has 0 aliphatic heterocycles. The molecule has 0 unspecified atom stereocenters. The summed E-state index contributed by atoms with van der Waals surface area (Å²) in [6.45, 7) is 4.60. The van der Waals surface area contributed by atoms with Gasteiger partial charge in [-0.25, -0.2) is 9.59 Å². The van der Waals surface area contributed by atoms with Crippen LogP contribution in [0.5, 0.6) is 0 Å². The highest BCUT2D eigenvalue weighted by molar-refractivity contribution is 6.49. The van der Waals surface area contributed by atoms with Crippen molar-refractivity contribution in [1.29, 1.82) is 0 Å². The molecule has 0 saturated heterocycles. The lowest BCUT2D eigenvalue weighted by molar-refractivity contribution is -0.123. The van der Waals surface area contributed by atoms with Gasteiger partial charge in [0.1, 0.15) is 0 Å². The van der Waals surface area contributed by atoms with Gasteiger partial charge >= 0.3 is 12.0 Å². The van der Waals surface area contributed by atoms with Crippen LogP contribution in [0.2, 0.25) is 0 Å². The first kappa shape index (κ1) is 22.5. The van der Waals surface area contributed by atoms with Gasteiger partial charge in [0.15, 0.2) is 6.61 Å². The number of carbonyl (C=O) groups excluding carboxylic acids is 5. The van der Waals surface area contributed by atoms with E-state index in [1.807, 2.05) is 5.32 Å². The second-order valence-electron chi connectivity index (χ2n) is 7.43. The number of imide groups is 1. The van der Waals surface area contributed by atoms with Gasteiger partial charge in [-0.1, -0.05) is 42.5 Å². The molecule has 2 rings (SSSR count). The molecule has 0 fully saturated rings. The molecule has 156 valence electrons. The molecule has 0 saturated carbocycles. The molecule has 0 atom stereocenters. The molecule has 2 aromatic carbocycles. The first-order valence-corrected chi connectivity index (χ1v) is 9.10. The van der Waals surface area contributed by atoms with Crippen LogP contribution in [0, 0.1) is 0 Å². The summed E-state index contributed by atoms with van der Waals surface area (Å²) in [6.07, 6.45) is 0. The van der Waals surface area contributed by atoms with E-state index in [1.54, 1.807) is 51.1 Å². The number of esters is 1. The van der Waals surface area contributed by atoms with E-state index in [2.05, 4.69) is 5.32 Å². The third-order valence-corrected chi connectivity index (χ3v) is 3.70. The summed E-state index contributed by atoms with van der Waals surface area (Å²) in [5, 5.41) is 4.58. The molecular formula is C22H22N2O6. The summed E-state index contributed by atoms with van der Waals surface area (Å²) in [4.78, 5) is 59.8. The third kappa shape index (κ3) is 6.66. The normalized spacial score (nSPS) is 10.6. The molecule has 0 aliphatic carbocycles. The number of rotatable bonds is 6. The zero-order chi connectivity index (χ0) is 22.3. The van der Waals surface area contributed by atoms with Gasteiger partial charge in [0, 0.05) is 16.7 Å². The molecular weight excluding hydrogens is 388 g/mol. The molecule has 8 heteroatoms. The smallest absolute Gasteiger partial charge is 0.338 e. The van der Waals surface area contributed by atoms with E-state index in [4.69, 9.17) is 4.74 Å². The van der Waals surface area contributed by atoms with Crippen molar-refractivity contribution in [3.05, 3.63) is 71.3 Å². The first-order chi connectivity index (χ1) is 14.1. The van der Waals surface area contributed by atoms with Crippen molar-refractivity contribution in [3.8, 4) is 0 Å². The van der Waals surface area contributed by atoms with E-state index in [0.29, 0.717) is 0 Å². The van der Waals surface area contributed by atoms with Crippen LogP contribution in [0.4, 0.5) is 4.79 Å². The summed E-state index contributed by atoms with van der Waals surface area (Å²) in [7, 11) is 0. The Balaban J connectivity index is 1.90. The maximum Gasteiger partial charge on any atom is 0.338 e. The Morgan fingerprint density at radius 1 is 0.767 bits per heavy atom. The van der Waals surface area contributed by atoms with E-state index in [1.165, 1.54) is 24.3 Å². The first-order valence-electron chi connectivity index (χ1n) is 9.10. The van der Waals surface area contributed by atoms with E-state index in [-0.39, 0.29) is 16.7 Å². The van der Waals surface area contributed by atoms with Crippen molar-refractivity contribution in [2.24, 2.45) is 0 Å². The second kappa shape index (κ2) is 9.60. The Kier molecular flexibility index (Phi) is 7.19. The number of nitrogens with one attached hydrogen (secondary N) is 2. The molecule has 0 aromatic heterocycles. The van der Waals surface area contributed by atoms with E-state index >= 15 is 0 Å². The summed E-state index contributed by atoms with van der Waals surface area (Å²) in [6, 6.07) is 12.7. The standard InChI is InChI=1S/C22H22N2O6/c1-22(2,3)24-21(29)23-17(25)13-30-20(28)16-11-9-15(10-12-16)19(27)18(26)14-7-5-4-6-8-14/h4-12H,13H2,1-3H3,(H2,23,24,25,29). The number of benzene rings is 2. The van der Waals surface area contributed by atoms with Crippen LogP contribution in [0.3, 0.4) is 0 Å². The predicted octanol–water partition coefficient (Wildman–Crippen LogP) is 2.53. The number of hydrogen-bond acceptors (Lipinski definition) is 6. The third-order valence-electron chi connectivity index (χ3n) is 3.70. The van der Waals surface area contributed by atoms with Crippen LogP contribution >= 0.6 is 0 Å². The molecule has 8 nitrogen and oxygen atoms in total. The quantitative estimate of drug-likeness (QED) is 0.429. The molecule has 2 N–H and O–H groups in total. The van der Waals surface area contributed by atoms with Crippen molar-refractivity contribution < 1.29 is 28.7 Å². The monoisotopic (exact) mass is 410 g/mol. The van der Waals surface area contributed by atoms with Crippen molar-refractivity contribution in [1.82, 2.24) is 10.6 Å². The number of ether oxygens (including phenoxy) is 1. The van der Waals surface area contributed by atoms with Gasteiger partial charge in [0.25, 0.3) is 5.91 Å². The average molecular weight is 410 g/mol. The molecule has 2 aromatic rings. The van der Waals surface area contributed by atoms with Gasteiger partial charge in [-0.15, -0.1) is 0 Å². The highest BCUT2D eigenvalue weighted by Gasteiger charge is 2.19. The van der Waals surface area contributed by atoms with Crippen LogP contribution in [0.1, 0.15) is 51.8 Å². The van der Waals surface area contributed by atoms with Crippen molar-refractivity contribution >= 4 is 29.5 Å². The summed E-state index contributed by atoms with van der Waals surface area (Å²) < 4.78 is 4.86. The van der Waals surface area contributed by atoms with Crippen LogP contribution in [0.15, 0.2) is 54.6 Å². The zero-order valence-electron chi connectivity index (χ0n) is 16.9. The Hall–Kier alpha value is -3.81. The summed E-state index contributed by atoms with van der Waals surface area (Å²) in [5.41, 5.74) is -0.0441. The summed E-state index contributed by atoms with van der Waals surface area (Å²) in [5.74, 6) is -2.96. The fourth-order valence-electron chi connectivity index (χ4n) is 2.36. The largest absolute Gasteiger partial charge is 0.452 e. The molecule has 0 spiro atoms. The fraction of sp³-hybridized carbons (Fsp3) is 0.227. The molecule has 0 radical (unpaired) electrons. The van der Waals surface area contributed by atoms with Crippen LogP contribution in [-0.4, -0.2) is 41.6 Å². The van der Waals surface area contributed by atoms with E-state index < -0.39 is 41.6 Å². The van der Waals surface area contributed by atoms with Crippen LogP contribution < -0.4 is 10.6 Å². The van der Waals surface area contributed by atoms with Gasteiger partial charge in [-0.2, -0.15) is 0 Å². The van der Waals surface area contributed by atoms with E-state index in [9.17, 15) is 24.0 Å². The van der Waals surface area contributed by atoms with Crippen molar-refractivity contribution in [2.75, 3.05) is 6.61 Å². The highest BCUT2D eigenvalue weighted by Crippen LogP contribution is 2.10. The maximum absolute atomic E-state index is 12.3. The molecule has 0 aliphatic rings. The Morgan fingerprint density at radius 3 is 1.80 bits per heavy atom. The Labute approximate surface area is 173 Å². The average Bonchev–Trinajstić information content (AvgIpc) is 2.70. The van der Waals surface area contributed by atoms with Crippen LogP contribution in [-0.2, 0) is 9.53 Å². The highest BCUT2D eigenvalue weighted by atomic mass is 16.5. The van der Waals surface area contributed by atoms with Crippen molar-refractivity contribution in [3.63, 3.8) is 0 Å². The topological polar surface area (TPSA) is 119 Å². The lowest BCUT2D eigenvalue weighted by Crippen LogP contribution is -2.49. The van der Waals surface area contributed by atoms with E-state index in [0.717, 1.165) is 0 Å². The Bertz CT molecular complexity index is 959. The SMILES string of the molecule is CC(C)(C)NC(=O)NC(=O)COC(=O)c1ccc(C(=O)C(=O)c2ccccc2)cc1. The van der Waals surface area contributed by atoms with Crippen molar-refractivity contribution in [2.45, 2.75) is 26.3 Å². The summed E-state index contributed by atoms with van der Waals surface area (Å²) >= 11 is 0. The molecule has 3 amide bonds. The molecule has 0 bridgehead atoms. The minimum Gasteiger partial charge on any atom is -0.452 e. The molecule has 30 heavy (non-hydrogen) atoms. The molecule has 0 heterocycles. The number of urea groups is 1. The van der Waals surface area contributed by atoms with Crippen LogP contribution in [0.25, 0.3) is 0 Å². The van der Waals surface area contributed by atoms with Gasteiger partial charge < -0.3 is 10.1 Å². The van der Waals surface area contributed by atoms with Gasteiger partial charge in [-0.3, -0.25) is 19.7 Å². The lowest BCUT2D eigenvalue weighted by atomic mass is 10.0.